The predicted molar refractivity (Wildman–Crippen MR) is 77.6 cm³/mol. The molecule has 0 unspecified atom stereocenters. The van der Waals surface area contributed by atoms with Crippen molar-refractivity contribution in [3.63, 3.8) is 0 Å². The van der Waals surface area contributed by atoms with E-state index in [1.54, 1.807) is 31.4 Å². The Kier molecular flexibility index (Phi) is 5.58. The highest BCUT2D eigenvalue weighted by atomic mass is 79.9. The second kappa shape index (κ2) is 6.95. The van der Waals surface area contributed by atoms with Gasteiger partial charge < -0.3 is 10.1 Å². The molecule has 1 amide bonds. The number of hydrogen-bond donors (Lipinski definition) is 1. The van der Waals surface area contributed by atoms with Crippen molar-refractivity contribution in [3.8, 4) is 11.8 Å². The molecule has 0 radical (unpaired) electrons. The van der Waals surface area contributed by atoms with E-state index < -0.39 is 0 Å². The van der Waals surface area contributed by atoms with Crippen molar-refractivity contribution in [2.75, 3.05) is 7.11 Å². The van der Waals surface area contributed by atoms with Crippen molar-refractivity contribution >= 4 is 27.9 Å². The van der Waals surface area contributed by atoms with Crippen molar-refractivity contribution < 1.29 is 9.53 Å². The van der Waals surface area contributed by atoms with E-state index in [4.69, 9.17) is 10.00 Å². The summed E-state index contributed by atoms with van der Waals surface area (Å²) in [5.41, 5.74) is 0.828. The lowest BCUT2D eigenvalue weighted by atomic mass is 10.1. The van der Waals surface area contributed by atoms with E-state index >= 15 is 0 Å². The average Bonchev–Trinajstić information content (AvgIpc) is 2.35. The Morgan fingerprint density at radius 2 is 2.21 bits per heavy atom. The Morgan fingerprint density at radius 1 is 1.53 bits per heavy atom. The van der Waals surface area contributed by atoms with Crippen LogP contribution in [0, 0.1) is 11.3 Å². The summed E-state index contributed by atoms with van der Waals surface area (Å²) in [7, 11) is 1.58. The van der Waals surface area contributed by atoms with Crippen LogP contribution in [0.5, 0.6) is 5.75 Å². The number of hydrogen-bond acceptors (Lipinski definition) is 3. The number of ether oxygens (including phenoxy) is 1. The van der Waals surface area contributed by atoms with Gasteiger partial charge in [-0.25, -0.2) is 0 Å². The van der Waals surface area contributed by atoms with E-state index in [0.717, 1.165) is 10.0 Å². The number of nitrogens with zero attached hydrogens (tertiary/aromatic N) is 1. The summed E-state index contributed by atoms with van der Waals surface area (Å²) in [6.45, 7) is 3.69. The molecule has 1 aromatic rings. The first-order valence-corrected chi connectivity index (χ1v) is 6.53. The monoisotopic (exact) mass is 322 g/mol. The van der Waals surface area contributed by atoms with Gasteiger partial charge in [-0.2, -0.15) is 5.26 Å². The highest BCUT2D eigenvalue weighted by Gasteiger charge is 2.10. The smallest absolute Gasteiger partial charge is 0.262 e. The van der Waals surface area contributed by atoms with Gasteiger partial charge in [0.2, 0.25) is 0 Å². The Balaban J connectivity index is 3.02. The maximum Gasteiger partial charge on any atom is 0.262 e. The fourth-order valence-electron chi connectivity index (χ4n) is 1.43. The molecular formula is C14H15BrN2O2. The lowest BCUT2D eigenvalue weighted by Gasteiger charge is -2.07. The van der Waals surface area contributed by atoms with Gasteiger partial charge in [-0.3, -0.25) is 4.79 Å². The molecule has 0 aliphatic heterocycles. The zero-order valence-electron chi connectivity index (χ0n) is 11.0. The molecule has 0 aliphatic rings. The number of nitrogens with one attached hydrogen (secondary N) is 1. The van der Waals surface area contributed by atoms with Crippen molar-refractivity contribution in [2.45, 2.75) is 19.9 Å². The summed E-state index contributed by atoms with van der Waals surface area (Å²) in [6, 6.07) is 7.24. The van der Waals surface area contributed by atoms with Gasteiger partial charge in [0.05, 0.1) is 11.6 Å². The third-order valence-corrected chi connectivity index (χ3v) is 2.89. The molecule has 0 heterocycles. The summed E-state index contributed by atoms with van der Waals surface area (Å²) in [6.07, 6.45) is 1.54. The Labute approximate surface area is 121 Å². The molecule has 0 saturated heterocycles. The number of halogens is 1. The van der Waals surface area contributed by atoms with Gasteiger partial charge in [0.15, 0.2) is 0 Å². The number of carbonyl (C=O) groups excluding carboxylic acids is 1. The van der Waals surface area contributed by atoms with Crippen molar-refractivity contribution in [1.29, 1.82) is 5.26 Å². The van der Waals surface area contributed by atoms with E-state index in [1.165, 1.54) is 0 Å². The van der Waals surface area contributed by atoms with Gasteiger partial charge >= 0.3 is 0 Å². The Hall–Kier alpha value is -1.80. The van der Waals surface area contributed by atoms with Crippen LogP contribution in [0.25, 0.3) is 6.08 Å². The standard InChI is InChI=1S/C14H15BrN2O2/c1-9(2)17-14(18)11(8-16)6-10-4-5-13(19-3)12(15)7-10/h4-7,9H,1-3H3,(H,17,18)/b11-6+. The van der Waals surface area contributed by atoms with Crippen molar-refractivity contribution in [3.05, 3.63) is 33.8 Å². The number of carbonyl (C=O) groups is 1. The molecule has 0 saturated carbocycles. The van der Waals surface area contributed by atoms with Crippen molar-refractivity contribution in [1.82, 2.24) is 5.32 Å². The molecule has 4 nitrogen and oxygen atoms in total. The number of amides is 1. The molecular weight excluding hydrogens is 308 g/mol. The molecule has 19 heavy (non-hydrogen) atoms. The number of benzene rings is 1. The minimum Gasteiger partial charge on any atom is -0.496 e. The van der Waals surface area contributed by atoms with Gasteiger partial charge in [-0.1, -0.05) is 6.07 Å². The molecule has 1 aromatic carbocycles. The maximum atomic E-state index is 11.8. The van der Waals surface area contributed by atoms with Gasteiger partial charge in [0.1, 0.15) is 17.4 Å². The lowest BCUT2D eigenvalue weighted by molar-refractivity contribution is -0.117. The van der Waals surface area contributed by atoms with Crippen LogP contribution in [0.4, 0.5) is 0 Å². The molecule has 0 aromatic heterocycles. The van der Waals surface area contributed by atoms with Gasteiger partial charge in [-0.15, -0.1) is 0 Å². The van der Waals surface area contributed by atoms with E-state index in [-0.39, 0.29) is 17.5 Å². The average molecular weight is 323 g/mol. The molecule has 1 rings (SSSR count). The molecule has 0 atom stereocenters. The first-order valence-electron chi connectivity index (χ1n) is 5.74. The van der Waals surface area contributed by atoms with Crippen LogP contribution >= 0.6 is 15.9 Å². The van der Waals surface area contributed by atoms with E-state index in [1.807, 2.05) is 19.9 Å². The van der Waals surface area contributed by atoms with E-state index in [2.05, 4.69) is 21.2 Å². The minimum absolute atomic E-state index is 0.00754. The highest BCUT2D eigenvalue weighted by molar-refractivity contribution is 9.10. The number of methoxy groups -OCH3 is 1. The maximum absolute atomic E-state index is 11.8. The second-order valence-corrected chi connectivity index (χ2v) is 5.05. The third kappa shape index (κ3) is 4.42. The van der Waals surface area contributed by atoms with E-state index in [9.17, 15) is 4.79 Å². The van der Waals surface area contributed by atoms with Gasteiger partial charge in [-0.05, 0) is 53.5 Å². The topological polar surface area (TPSA) is 62.1 Å². The minimum atomic E-state index is -0.371. The first-order chi connectivity index (χ1) is 8.97. The zero-order valence-corrected chi connectivity index (χ0v) is 12.6. The molecule has 0 spiro atoms. The number of rotatable bonds is 4. The van der Waals surface area contributed by atoms with E-state index in [0.29, 0.717) is 5.75 Å². The number of nitriles is 1. The summed E-state index contributed by atoms with van der Waals surface area (Å²) in [5.74, 6) is 0.326. The normalized spacial score (nSPS) is 11.1. The first kappa shape index (κ1) is 15.3. The van der Waals surface area contributed by atoms with Crippen molar-refractivity contribution in [2.24, 2.45) is 0 Å². The SMILES string of the molecule is COc1ccc(/C=C(\C#N)C(=O)NC(C)C)cc1Br. The van der Waals surface area contributed by atoms with Gasteiger partial charge in [0, 0.05) is 6.04 Å². The van der Waals surface area contributed by atoms with Crippen LogP contribution in [0.2, 0.25) is 0 Å². The zero-order chi connectivity index (χ0) is 14.4. The van der Waals surface area contributed by atoms with Crippen LogP contribution in [-0.2, 0) is 4.79 Å². The largest absolute Gasteiger partial charge is 0.496 e. The van der Waals surface area contributed by atoms with Crippen LogP contribution in [0.3, 0.4) is 0 Å². The van der Waals surface area contributed by atoms with Crippen LogP contribution in [-0.4, -0.2) is 19.1 Å². The molecule has 1 N–H and O–H groups in total. The fraction of sp³-hybridized carbons (Fsp3) is 0.286. The summed E-state index contributed by atoms with van der Waals surface area (Å²) < 4.78 is 5.89. The quantitative estimate of drug-likeness (QED) is 0.684. The highest BCUT2D eigenvalue weighted by Crippen LogP contribution is 2.26. The van der Waals surface area contributed by atoms with Gasteiger partial charge in [0.25, 0.3) is 5.91 Å². The molecule has 0 fully saturated rings. The Morgan fingerprint density at radius 3 is 2.68 bits per heavy atom. The van der Waals surface area contributed by atoms with Crippen LogP contribution < -0.4 is 10.1 Å². The summed E-state index contributed by atoms with van der Waals surface area (Å²) in [4.78, 5) is 11.8. The Bertz CT molecular complexity index is 545. The summed E-state index contributed by atoms with van der Waals surface area (Å²) >= 11 is 3.36. The summed E-state index contributed by atoms with van der Waals surface area (Å²) in [5, 5.41) is 11.7. The molecule has 100 valence electrons. The molecule has 5 heteroatoms. The lowest BCUT2D eigenvalue weighted by Crippen LogP contribution is -2.30. The van der Waals surface area contributed by atoms with Crippen LogP contribution in [0.1, 0.15) is 19.4 Å². The molecule has 0 bridgehead atoms. The third-order valence-electron chi connectivity index (χ3n) is 2.27. The molecule has 0 aliphatic carbocycles. The fourth-order valence-corrected chi connectivity index (χ4v) is 1.99. The van der Waals surface area contributed by atoms with Crippen LogP contribution in [0.15, 0.2) is 28.2 Å². The second-order valence-electron chi connectivity index (χ2n) is 4.19. The predicted octanol–water partition coefficient (Wildman–Crippen LogP) is 2.89.